The van der Waals surface area contributed by atoms with Crippen LogP contribution >= 0.6 is 0 Å². The Bertz CT molecular complexity index is 843. The van der Waals surface area contributed by atoms with Gasteiger partial charge in [-0.2, -0.15) is 13.2 Å². The molecular weight excluding hydrogens is 303 g/mol. The molecule has 3 rings (SSSR count). The van der Waals surface area contributed by atoms with Crippen LogP contribution in [0.15, 0.2) is 54.6 Å². The molecule has 1 heterocycles. The number of hydrogen-bond acceptors (Lipinski definition) is 2. The molecule has 3 aromatic rings. The zero-order chi connectivity index (χ0) is 16.4. The first-order valence-corrected chi connectivity index (χ1v) is 7.20. The molecule has 0 aliphatic rings. The van der Waals surface area contributed by atoms with Crippen molar-refractivity contribution in [3.63, 3.8) is 0 Å². The van der Waals surface area contributed by atoms with E-state index in [2.05, 4.69) is 4.98 Å². The predicted octanol–water partition coefficient (Wildman–Crippen LogP) is 5.32. The zero-order valence-electron chi connectivity index (χ0n) is 12.4. The maximum Gasteiger partial charge on any atom is 0.417 e. The zero-order valence-corrected chi connectivity index (χ0v) is 12.4. The Morgan fingerprint density at radius 1 is 1.00 bits per heavy atom. The molecule has 2 aromatic carbocycles. The van der Waals surface area contributed by atoms with Crippen LogP contribution in [0.4, 0.5) is 13.2 Å². The molecule has 5 heteroatoms. The summed E-state index contributed by atoms with van der Waals surface area (Å²) in [5.41, 5.74) is 0.197. The highest BCUT2D eigenvalue weighted by Gasteiger charge is 2.33. The number of benzene rings is 2. The summed E-state index contributed by atoms with van der Waals surface area (Å²) < 4.78 is 45.3. The van der Waals surface area contributed by atoms with Crippen molar-refractivity contribution in [1.82, 2.24) is 4.98 Å². The summed E-state index contributed by atoms with van der Waals surface area (Å²) in [6, 6.07) is 14.2. The standard InChI is InChI=1S/C18H14F3NO/c1-2-23-17-11-16(22-15-10-6-4-8-13(15)17)12-7-3-5-9-14(12)18(19,20)21/h3-11H,2H2,1H3. The van der Waals surface area contributed by atoms with Crippen LogP contribution in [-0.4, -0.2) is 11.6 Å². The molecule has 0 spiro atoms. The van der Waals surface area contributed by atoms with Gasteiger partial charge in [-0.15, -0.1) is 0 Å². The number of nitrogens with zero attached hydrogens (tertiary/aromatic N) is 1. The third kappa shape index (κ3) is 2.99. The molecule has 0 unspecified atom stereocenters. The Kier molecular flexibility index (Phi) is 3.94. The Balaban J connectivity index is 2.26. The minimum Gasteiger partial charge on any atom is -0.493 e. The Morgan fingerprint density at radius 3 is 2.43 bits per heavy atom. The van der Waals surface area contributed by atoms with E-state index in [0.717, 1.165) is 11.5 Å². The van der Waals surface area contributed by atoms with E-state index in [1.165, 1.54) is 12.1 Å². The van der Waals surface area contributed by atoms with E-state index in [-0.39, 0.29) is 11.3 Å². The van der Waals surface area contributed by atoms with Crippen LogP contribution in [0.5, 0.6) is 5.75 Å². The van der Waals surface area contributed by atoms with Crippen molar-refractivity contribution in [3.05, 3.63) is 60.2 Å². The van der Waals surface area contributed by atoms with Gasteiger partial charge in [0, 0.05) is 17.0 Å². The fraction of sp³-hybridized carbons (Fsp3) is 0.167. The van der Waals surface area contributed by atoms with Crippen molar-refractivity contribution in [1.29, 1.82) is 0 Å². The lowest BCUT2D eigenvalue weighted by Crippen LogP contribution is -2.07. The third-order valence-electron chi connectivity index (χ3n) is 3.49. The second kappa shape index (κ2) is 5.91. The average Bonchev–Trinajstić information content (AvgIpc) is 2.54. The fourth-order valence-electron chi connectivity index (χ4n) is 2.51. The molecular formula is C18H14F3NO. The van der Waals surface area contributed by atoms with E-state index < -0.39 is 11.7 Å². The molecule has 0 bridgehead atoms. The summed E-state index contributed by atoms with van der Waals surface area (Å²) >= 11 is 0. The van der Waals surface area contributed by atoms with Gasteiger partial charge in [0.25, 0.3) is 0 Å². The lowest BCUT2D eigenvalue weighted by atomic mass is 10.0. The molecule has 2 nitrogen and oxygen atoms in total. The van der Waals surface area contributed by atoms with Gasteiger partial charge in [-0.05, 0) is 25.1 Å². The molecule has 0 saturated heterocycles. The molecule has 0 atom stereocenters. The molecule has 0 saturated carbocycles. The van der Waals surface area contributed by atoms with Gasteiger partial charge in [-0.25, -0.2) is 4.98 Å². The number of halogens is 3. The van der Waals surface area contributed by atoms with E-state index in [1.54, 1.807) is 24.3 Å². The monoisotopic (exact) mass is 317 g/mol. The molecule has 0 aliphatic heterocycles. The lowest BCUT2D eigenvalue weighted by Gasteiger charge is -2.14. The summed E-state index contributed by atoms with van der Waals surface area (Å²) in [5, 5.41) is 0.780. The van der Waals surface area contributed by atoms with Crippen LogP contribution in [0, 0.1) is 0 Å². The minimum atomic E-state index is -4.43. The largest absolute Gasteiger partial charge is 0.493 e. The number of fused-ring (bicyclic) bond motifs is 1. The van der Waals surface area contributed by atoms with Crippen LogP contribution in [0.25, 0.3) is 22.2 Å². The number of rotatable bonds is 3. The molecule has 0 N–H and O–H groups in total. The van der Waals surface area contributed by atoms with Gasteiger partial charge < -0.3 is 4.74 Å². The second-order valence-corrected chi connectivity index (χ2v) is 5.00. The summed E-state index contributed by atoms with van der Waals surface area (Å²) in [4.78, 5) is 4.38. The number of aromatic nitrogens is 1. The van der Waals surface area contributed by atoms with E-state index in [0.29, 0.717) is 17.9 Å². The van der Waals surface area contributed by atoms with Crippen molar-refractivity contribution >= 4 is 10.9 Å². The third-order valence-corrected chi connectivity index (χ3v) is 3.49. The highest BCUT2D eigenvalue weighted by Crippen LogP contribution is 2.38. The lowest BCUT2D eigenvalue weighted by molar-refractivity contribution is -0.137. The Labute approximate surface area is 131 Å². The van der Waals surface area contributed by atoms with Gasteiger partial charge in [-0.3, -0.25) is 0 Å². The molecule has 23 heavy (non-hydrogen) atoms. The molecule has 0 radical (unpaired) electrons. The van der Waals surface area contributed by atoms with E-state index in [9.17, 15) is 13.2 Å². The molecule has 0 aliphatic carbocycles. The van der Waals surface area contributed by atoms with Gasteiger partial charge in [0.2, 0.25) is 0 Å². The van der Waals surface area contributed by atoms with Crippen molar-refractivity contribution in [2.24, 2.45) is 0 Å². The van der Waals surface area contributed by atoms with Gasteiger partial charge >= 0.3 is 6.18 Å². The van der Waals surface area contributed by atoms with Crippen LogP contribution in [-0.2, 0) is 6.18 Å². The van der Waals surface area contributed by atoms with Crippen molar-refractivity contribution in [3.8, 4) is 17.0 Å². The van der Waals surface area contributed by atoms with Crippen molar-refractivity contribution in [2.45, 2.75) is 13.1 Å². The SMILES string of the molecule is CCOc1cc(-c2ccccc2C(F)(F)F)nc2ccccc12. The fourth-order valence-corrected chi connectivity index (χ4v) is 2.51. The number of para-hydroxylation sites is 1. The maximum atomic E-state index is 13.2. The number of pyridine rings is 1. The quantitative estimate of drug-likeness (QED) is 0.652. The van der Waals surface area contributed by atoms with E-state index in [4.69, 9.17) is 4.74 Å². The van der Waals surface area contributed by atoms with Gasteiger partial charge in [0.15, 0.2) is 0 Å². The minimum absolute atomic E-state index is 0.0479. The van der Waals surface area contributed by atoms with Crippen molar-refractivity contribution in [2.75, 3.05) is 6.61 Å². The van der Waals surface area contributed by atoms with Crippen LogP contribution in [0.1, 0.15) is 12.5 Å². The summed E-state index contributed by atoms with van der Waals surface area (Å²) in [5.74, 6) is 0.532. The maximum absolute atomic E-state index is 13.2. The Morgan fingerprint density at radius 2 is 1.70 bits per heavy atom. The van der Waals surface area contributed by atoms with E-state index >= 15 is 0 Å². The first-order chi connectivity index (χ1) is 11.0. The highest BCUT2D eigenvalue weighted by molar-refractivity contribution is 5.88. The van der Waals surface area contributed by atoms with E-state index in [1.807, 2.05) is 19.1 Å². The first-order valence-electron chi connectivity index (χ1n) is 7.20. The molecule has 0 fully saturated rings. The first kappa shape index (κ1) is 15.3. The van der Waals surface area contributed by atoms with Crippen LogP contribution in [0.2, 0.25) is 0 Å². The summed E-state index contributed by atoms with van der Waals surface area (Å²) in [6.07, 6.45) is -4.43. The molecule has 118 valence electrons. The highest BCUT2D eigenvalue weighted by atomic mass is 19.4. The normalized spacial score (nSPS) is 11.7. The Hall–Kier alpha value is -2.56. The predicted molar refractivity (Wildman–Crippen MR) is 83.4 cm³/mol. The van der Waals surface area contributed by atoms with Crippen LogP contribution in [0.3, 0.4) is 0 Å². The second-order valence-electron chi connectivity index (χ2n) is 5.00. The topological polar surface area (TPSA) is 22.1 Å². The molecule has 1 aromatic heterocycles. The molecule has 0 amide bonds. The smallest absolute Gasteiger partial charge is 0.417 e. The number of hydrogen-bond donors (Lipinski definition) is 0. The van der Waals surface area contributed by atoms with Crippen molar-refractivity contribution < 1.29 is 17.9 Å². The number of alkyl halides is 3. The van der Waals surface area contributed by atoms with Gasteiger partial charge in [0.05, 0.1) is 23.4 Å². The van der Waals surface area contributed by atoms with Gasteiger partial charge in [-0.1, -0.05) is 30.3 Å². The average molecular weight is 317 g/mol. The van der Waals surface area contributed by atoms with Gasteiger partial charge in [0.1, 0.15) is 5.75 Å². The number of ether oxygens (including phenoxy) is 1. The summed E-state index contributed by atoms with van der Waals surface area (Å²) in [6.45, 7) is 2.26. The van der Waals surface area contributed by atoms with Crippen LogP contribution < -0.4 is 4.74 Å². The summed E-state index contributed by atoms with van der Waals surface area (Å²) in [7, 11) is 0.